The van der Waals surface area contributed by atoms with Crippen LogP contribution in [-0.4, -0.2) is 29.3 Å². The molecule has 0 saturated carbocycles. The molecule has 4 heteroatoms. The highest BCUT2D eigenvalue weighted by Crippen LogP contribution is 2.14. The predicted octanol–water partition coefficient (Wildman–Crippen LogP) is 4.18. The van der Waals surface area contributed by atoms with E-state index in [4.69, 9.17) is 0 Å². The van der Waals surface area contributed by atoms with Crippen LogP contribution in [0, 0.1) is 13.8 Å². The Bertz CT molecular complexity index is 783. The molecule has 0 unspecified atom stereocenters. The average Bonchev–Trinajstić information content (AvgIpc) is 2.67. The van der Waals surface area contributed by atoms with Crippen LogP contribution in [0.3, 0.4) is 0 Å². The SMILES string of the molecule is CCCCNC(=O)[C@H](C)N(Cc1cccc(C)c1)C(=O)Cc1ccc(C)cc1. The Morgan fingerprint density at radius 3 is 2.36 bits per heavy atom. The monoisotopic (exact) mass is 380 g/mol. The fourth-order valence-corrected chi connectivity index (χ4v) is 3.11. The molecule has 1 N–H and O–H groups in total. The van der Waals surface area contributed by atoms with E-state index in [2.05, 4.69) is 18.3 Å². The van der Waals surface area contributed by atoms with Crippen molar-refractivity contribution in [1.29, 1.82) is 0 Å². The molecule has 0 spiro atoms. The van der Waals surface area contributed by atoms with E-state index in [1.165, 1.54) is 0 Å². The first-order valence-corrected chi connectivity index (χ1v) is 10.1. The summed E-state index contributed by atoms with van der Waals surface area (Å²) >= 11 is 0. The summed E-state index contributed by atoms with van der Waals surface area (Å²) < 4.78 is 0. The summed E-state index contributed by atoms with van der Waals surface area (Å²) in [4.78, 5) is 27.4. The third kappa shape index (κ3) is 6.52. The first kappa shape index (κ1) is 21.7. The third-order valence-electron chi connectivity index (χ3n) is 4.91. The number of rotatable bonds is 9. The lowest BCUT2D eigenvalue weighted by atomic mass is 10.1. The summed E-state index contributed by atoms with van der Waals surface area (Å²) in [6.07, 6.45) is 2.25. The van der Waals surface area contributed by atoms with Gasteiger partial charge in [0, 0.05) is 13.1 Å². The van der Waals surface area contributed by atoms with Crippen molar-refractivity contribution in [2.45, 2.75) is 59.5 Å². The normalized spacial score (nSPS) is 11.7. The molecule has 0 aliphatic rings. The maximum atomic E-state index is 13.1. The second kappa shape index (κ2) is 10.6. The number of nitrogens with one attached hydrogen (secondary N) is 1. The van der Waals surface area contributed by atoms with Crippen molar-refractivity contribution in [2.24, 2.45) is 0 Å². The zero-order valence-corrected chi connectivity index (χ0v) is 17.5. The second-order valence-corrected chi connectivity index (χ2v) is 7.49. The van der Waals surface area contributed by atoms with Crippen molar-refractivity contribution in [2.75, 3.05) is 6.54 Å². The molecule has 1 atom stereocenters. The highest BCUT2D eigenvalue weighted by atomic mass is 16.2. The van der Waals surface area contributed by atoms with Gasteiger partial charge in [0.2, 0.25) is 11.8 Å². The minimum absolute atomic E-state index is 0.0384. The lowest BCUT2D eigenvalue weighted by molar-refractivity contribution is -0.140. The van der Waals surface area contributed by atoms with Gasteiger partial charge in [0.1, 0.15) is 6.04 Å². The quantitative estimate of drug-likeness (QED) is 0.664. The fraction of sp³-hybridized carbons (Fsp3) is 0.417. The molecule has 2 rings (SSSR count). The molecule has 0 fully saturated rings. The van der Waals surface area contributed by atoms with Gasteiger partial charge in [0.15, 0.2) is 0 Å². The number of hydrogen-bond donors (Lipinski definition) is 1. The van der Waals surface area contributed by atoms with Crippen LogP contribution in [-0.2, 0) is 22.6 Å². The Morgan fingerprint density at radius 1 is 1.00 bits per heavy atom. The molecule has 0 aliphatic carbocycles. The zero-order chi connectivity index (χ0) is 20.5. The standard InChI is InChI=1S/C24H32N2O2/c1-5-6-14-25-24(28)20(4)26(17-22-9-7-8-19(3)15-22)23(27)16-21-12-10-18(2)11-13-21/h7-13,15,20H,5-6,14,16-17H2,1-4H3,(H,25,28)/t20-/m0/s1. The molecule has 0 radical (unpaired) electrons. The van der Waals surface area contributed by atoms with Crippen molar-refractivity contribution >= 4 is 11.8 Å². The minimum Gasteiger partial charge on any atom is -0.354 e. The van der Waals surface area contributed by atoms with Crippen molar-refractivity contribution in [1.82, 2.24) is 10.2 Å². The van der Waals surface area contributed by atoms with E-state index in [9.17, 15) is 9.59 Å². The van der Waals surface area contributed by atoms with Gasteiger partial charge in [-0.3, -0.25) is 9.59 Å². The van der Waals surface area contributed by atoms with Crippen LogP contribution in [0.1, 0.15) is 48.9 Å². The van der Waals surface area contributed by atoms with Gasteiger partial charge in [-0.15, -0.1) is 0 Å². The van der Waals surface area contributed by atoms with Crippen LogP contribution in [0.4, 0.5) is 0 Å². The number of carbonyl (C=O) groups is 2. The number of benzene rings is 2. The molecule has 0 saturated heterocycles. The average molecular weight is 381 g/mol. The van der Waals surface area contributed by atoms with Gasteiger partial charge in [-0.25, -0.2) is 0 Å². The summed E-state index contributed by atoms with van der Waals surface area (Å²) in [7, 11) is 0. The van der Waals surface area contributed by atoms with Crippen LogP contribution in [0.25, 0.3) is 0 Å². The van der Waals surface area contributed by atoms with Gasteiger partial charge < -0.3 is 10.2 Å². The Hall–Kier alpha value is -2.62. The largest absolute Gasteiger partial charge is 0.354 e. The number of hydrogen-bond acceptors (Lipinski definition) is 2. The first-order valence-electron chi connectivity index (χ1n) is 10.1. The number of carbonyl (C=O) groups excluding carboxylic acids is 2. The van der Waals surface area contributed by atoms with Gasteiger partial charge in [0.25, 0.3) is 0 Å². The fourth-order valence-electron chi connectivity index (χ4n) is 3.11. The van der Waals surface area contributed by atoms with Crippen molar-refractivity contribution < 1.29 is 9.59 Å². The van der Waals surface area contributed by atoms with E-state index in [0.29, 0.717) is 19.5 Å². The third-order valence-corrected chi connectivity index (χ3v) is 4.91. The first-order chi connectivity index (χ1) is 13.4. The minimum atomic E-state index is -0.518. The van der Waals surface area contributed by atoms with Crippen LogP contribution in [0.2, 0.25) is 0 Å². The molecular weight excluding hydrogens is 348 g/mol. The summed E-state index contributed by atoms with van der Waals surface area (Å²) in [5.41, 5.74) is 4.30. The van der Waals surface area contributed by atoms with E-state index in [-0.39, 0.29) is 11.8 Å². The summed E-state index contributed by atoms with van der Waals surface area (Å²) in [6.45, 7) is 9.02. The van der Waals surface area contributed by atoms with Crippen LogP contribution in [0.15, 0.2) is 48.5 Å². The van der Waals surface area contributed by atoms with Crippen molar-refractivity contribution in [3.05, 3.63) is 70.8 Å². The number of amides is 2. The molecule has 0 heterocycles. The van der Waals surface area contributed by atoms with E-state index in [1.807, 2.05) is 63.2 Å². The van der Waals surface area contributed by atoms with Gasteiger partial charge in [-0.05, 0) is 38.3 Å². The summed E-state index contributed by atoms with van der Waals surface area (Å²) in [5.74, 6) is -0.137. The van der Waals surface area contributed by atoms with Crippen LogP contribution < -0.4 is 5.32 Å². The van der Waals surface area contributed by atoms with Gasteiger partial charge in [-0.2, -0.15) is 0 Å². The Balaban J connectivity index is 2.17. The van der Waals surface area contributed by atoms with E-state index in [1.54, 1.807) is 4.90 Å². The number of unbranched alkanes of at least 4 members (excludes halogenated alkanes) is 1. The smallest absolute Gasteiger partial charge is 0.242 e. The number of nitrogens with zero attached hydrogens (tertiary/aromatic N) is 1. The molecule has 4 nitrogen and oxygen atoms in total. The van der Waals surface area contributed by atoms with E-state index in [0.717, 1.165) is 35.1 Å². The molecular formula is C24H32N2O2. The maximum absolute atomic E-state index is 13.1. The Labute approximate surface area is 169 Å². The zero-order valence-electron chi connectivity index (χ0n) is 17.5. The predicted molar refractivity (Wildman–Crippen MR) is 114 cm³/mol. The van der Waals surface area contributed by atoms with Gasteiger partial charge >= 0.3 is 0 Å². The van der Waals surface area contributed by atoms with Gasteiger partial charge in [0.05, 0.1) is 6.42 Å². The molecule has 2 aromatic carbocycles. The van der Waals surface area contributed by atoms with E-state index >= 15 is 0 Å². The maximum Gasteiger partial charge on any atom is 0.242 e. The van der Waals surface area contributed by atoms with E-state index < -0.39 is 6.04 Å². The Kier molecular flexibility index (Phi) is 8.24. The molecule has 2 amide bonds. The van der Waals surface area contributed by atoms with Crippen LogP contribution in [0.5, 0.6) is 0 Å². The number of aryl methyl sites for hydroxylation is 2. The van der Waals surface area contributed by atoms with Crippen molar-refractivity contribution in [3.8, 4) is 0 Å². The molecule has 28 heavy (non-hydrogen) atoms. The highest BCUT2D eigenvalue weighted by molar-refractivity contribution is 5.88. The topological polar surface area (TPSA) is 49.4 Å². The molecule has 2 aromatic rings. The van der Waals surface area contributed by atoms with Crippen molar-refractivity contribution in [3.63, 3.8) is 0 Å². The molecule has 0 bridgehead atoms. The lowest BCUT2D eigenvalue weighted by Crippen LogP contribution is -2.48. The lowest BCUT2D eigenvalue weighted by Gasteiger charge is -2.29. The molecule has 0 aromatic heterocycles. The van der Waals surface area contributed by atoms with Gasteiger partial charge in [-0.1, -0.05) is 73.0 Å². The summed E-state index contributed by atoms with van der Waals surface area (Å²) in [5, 5.41) is 2.95. The molecule has 0 aliphatic heterocycles. The molecule has 150 valence electrons. The second-order valence-electron chi connectivity index (χ2n) is 7.49. The van der Waals surface area contributed by atoms with Crippen LogP contribution >= 0.6 is 0 Å². The Morgan fingerprint density at radius 2 is 1.71 bits per heavy atom. The summed E-state index contributed by atoms with van der Waals surface area (Å²) in [6, 6.07) is 15.5. The highest BCUT2D eigenvalue weighted by Gasteiger charge is 2.26.